The van der Waals surface area contributed by atoms with Crippen molar-refractivity contribution in [2.24, 2.45) is 5.41 Å². The van der Waals surface area contributed by atoms with Crippen LogP contribution in [0.2, 0.25) is 0 Å². The van der Waals surface area contributed by atoms with Gasteiger partial charge in [0.15, 0.2) is 0 Å². The van der Waals surface area contributed by atoms with Crippen molar-refractivity contribution in [2.45, 2.75) is 51.0 Å². The summed E-state index contributed by atoms with van der Waals surface area (Å²) in [6, 6.07) is 2.90. The molecule has 0 amide bonds. The summed E-state index contributed by atoms with van der Waals surface area (Å²) in [6.45, 7) is 2.55. The van der Waals surface area contributed by atoms with E-state index in [1.165, 1.54) is 32.1 Å². The third-order valence-corrected chi connectivity index (χ3v) is 4.16. The first kappa shape index (κ1) is 11.9. The van der Waals surface area contributed by atoms with E-state index in [0.717, 1.165) is 25.9 Å². The lowest BCUT2D eigenvalue weighted by Gasteiger charge is -2.37. The van der Waals surface area contributed by atoms with Crippen LogP contribution in [-0.2, 0) is 0 Å². The fourth-order valence-electron chi connectivity index (χ4n) is 2.91. The van der Waals surface area contributed by atoms with E-state index in [2.05, 4.69) is 11.0 Å². The zero-order valence-electron chi connectivity index (χ0n) is 9.99. The highest BCUT2D eigenvalue weighted by atomic mass is 16.3. The van der Waals surface area contributed by atoms with Crippen molar-refractivity contribution in [3.8, 4) is 6.07 Å². The highest BCUT2D eigenvalue weighted by Crippen LogP contribution is 2.49. The van der Waals surface area contributed by atoms with Crippen LogP contribution < -0.4 is 0 Å². The summed E-state index contributed by atoms with van der Waals surface area (Å²) in [7, 11) is 0. The minimum atomic E-state index is 0.298. The van der Waals surface area contributed by atoms with E-state index in [4.69, 9.17) is 10.4 Å². The molecule has 3 heteroatoms. The zero-order chi connectivity index (χ0) is 11.4. The number of aliphatic hydroxyl groups is 1. The summed E-state index contributed by atoms with van der Waals surface area (Å²) in [6.07, 6.45) is 7.88. The van der Waals surface area contributed by atoms with E-state index >= 15 is 0 Å². The van der Waals surface area contributed by atoms with Crippen LogP contribution >= 0.6 is 0 Å². The van der Waals surface area contributed by atoms with Gasteiger partial charge in [0.25, 0.3) is 0 Å². The molecule has 1 heterocycles. The van der Waals surface area contributed by atoms with Gasteiger partial charge in [-0.25, -0.2) is 0 Å². The Morgan fingerprint density at radius 1 is 1.38 bits per heavy atom. The van der Waals surface area contributed by atoms with Crippen molar-refractivity contribution in [1.29, 1.82) is 5.26 Å². The lowest BCUT2D eigenvalue weighted by Crippen LogP contribution is -2.43. The molecular weight excluding hydrogens is 200 g/mol. The van der Waals surface area contributed by atoms with Crippen LogP contribution in [0.3, 0.4) is 0 Å². The summed E-state index contributed by atoms with van der Waals surface area (Å²) < 4.78 is 0. The van der Waals surface area contributed by atoms with Crippen molar-refractivity contribution >= 4 is 0 Å². The fourth-order valence-corrected chi connectivity index (χ4v) is 2.91. The zero-order valence-corrected chi connectivity index (χ0v) is 9.99. The van der Waals surface area contributed by atoms with Crippen LogP contribution in [0, 0.1) is 16.7 Å². The van der Waals surface area contributed by atoms with Gasteiger partial charge in [0, 0.05) is 25.6 Å². The third-order valence-electron chi connectivity index (χ3n) is 4.16. The Morgan fingerprint density at radius 2 is 2.19 bits per heavy atom. The molecule has 3 nitrogen and oxygen atoms in total. The standard InChI is InChI=1S/C13H22N2O/c14-8-7-13(5-6-13)11-15-9-2-1-3-12(15)4-10-16/h12,16H,1-7,9-11H2. The minimum absolute atomic E-state index is 0.298. The predicted octanol–water partition coefficient (Wildman–Crippen LogP) is 1.92. The molecule has 0 aromatic heterocycles. The van der Waals surface area contributed by atoms with Gasteiger partial charge in [-0.15, -0.1) is 0 Å². The second-order valence-corrected chi connectivity index (χ2v) is 5.47. The number of rotatable bonds is 5. The number of piperidine rings is 1. The number of nitrogens with zero attached hydrogens (tertiary/aromatic N) is 2. The van der Waals surface area contributed by atoms with Gasteiger partial charge in [-0.2, -0.15) is 5.26 Å². The van der Waals surface area contributed by atoms with Gasteiger partial charge < -0.3 is 5.11 Å². The quantitative estimate of drug-likeness (QED) is 0.773. The molecule has 0 bridgehead atoms. The molecule has 1 N–H and O–H groups in total. The van der Waals surface area contributed by atoms with Crippen molar-refractivity contribution in [1.82, 2.24) is 4.90 Å². The summed E-state index contributed by atoms with van der Waals surface area (Å²) in [5, 5.41) is 17.9. The van der Waals surface area contributed by atoms with Gasteiger partial charge in [0.05, 0.1) is 6.07 Å². The maximum Gasteiger partial charge on any atom is 0.0628 e. The summed E-state index contributed by atoms with van der Waals surface area (Å²) in [5.41, 5.74) is 0.319. The molecule has 1 aliphatic heterocycles. The number of likely N-dealkylation sites (tertiary alicyclic amines) is 1. The number of hydrogen-bond acceptors (Lipinski definition) is 3. The number of hydrogen-bond donors (Lipinski definition) is 1. The van der Waals surface area contributed by atoms with Crippen LogP contribution in [0.15, 0.2) is 0 Å². The van der Waals surface area contributed by atoms with Crippen LogP contribution in [-0.4, -0.2) is 35.7 Å². The molecule has 0 aromatic rings. The first-order valence-corrected chi connectivity index (χ1v) is 6.51. The summed E-state index contributed by atoms with van der Waals surface area (Å²) in [4.78, 5) is 2.53. The summed E-state index contributed by atoms with van der Waals surface area (Å²) >= 11 is 0. The Labute approximate surface area is 98.1 Å². The predicted molar refractivity (Wildman–Crippen MR) is 62.8 cm³/mol. The highest BCUT2D eigenvalue weighted by Gasteiger charge is 2.44. The van der Waals surface area contributed by atoms with Gasteiger partial charge >= 0.3 is 0 Å². The van der Waals surface area contributed by atoms with E-state index in [0.29, 0.717) is 18.1 Å². The first-order valence-electron chi connectivity index (χ1n) is 6.51. The fraction of sp³-hybridized carbons (Fsp3) is 0.923. The molecule has 1 aliphatic carbocycles. The van der Waals surface area contributed by atoms with Crippen LogP contribution in [0.5, 0.6) is 0 Å². The average Bonchev–Trinajstić information content (AvgIpc) is 3.02. The molecule has 1 saturated heterocycles. The summed E-state index contributed by atoms with van der Waals surface area (Å²) in [5.74, 6) is 0. The van der Waals surface area contributed by atoms with Crippen molar-refractivity contribution in [3.63, 3.8) is 0 Å². The topological polar surface area (TPSA) is 47.3 Å². The molecule has 2 fully saturated rings. The Bertz CT molecular complexity index is 266. The molecule has 0 radical (unpaired) electrons. The largest absolute Gasteiger partial charge is 0.396 e. The molecule has 0 aromatic carbocycles. The van der Waals surface area contributed by atoms with E-state index in [9.17, 15) is 0 Å². The Kier molecular flexibility index (Phi) is 3.83. The third kappa shape index (κ3) is 2.75. The van der Waals surface area contributed by atoms with Gasteiger partial charge in [-0.3, -0.25) is 4.90 Å². The molecule has 1 unspecified atom stereocenters. The maximum atomic E-state index is 9.07. The van der Waals surface area contributed by atoms with Crippen LogP contribution in [0.25, 0.3) is 0 Å². The molecule has 2 rings (SSSR count). The molecule has 16 heavy (non-hydrogen) atoms. The van der Waals surface area contributed by atoms with E-state index in [1.54, 1.807) is 0 Å². The minimum Gasteiger partial charge on any atom is -0.396 e. The van der Waals surface area contributed by atoms with Crippen molar-refractivity contribution in [3.05, 3.63) is 0 Å². The van der Waals surface area contributed by atoms with Gasteiger partial charge in [-0.05, 0) is 44.1 Å². The second kappa shape index (κ2) is 5.16. The second-order valence-electron chi connectivity index (χ2n) is 5.47. The Morgan fingerprint density at radius 3 is 2.81 bits per heavy atom. The highest BCUT2D eigenvalue weighted by molar-refractivity contribution is 5.02. The smallest absolute Gasteiger partial charge is 0.0628 e. The molecule has 90 valence electrons. The Hall–Kier alpha value is -0.590. The van der Waals surface area contributed by atoms with Crippen LogP contribution in [0.4, 0.5) is 0 Å². The van der Waals surface area contributed by atoms with Crippen molar-refractivity contribution in [2.75, 3.05) is 19.7 Å². The van der Waals surface area contributed by atoms with E-state index < -0.39 is 0 Å². The molecule has 0 spiro atoms. The van der Waals surface area contributed by atoms with Gasteiger partial charge in [0.2, 0.25) is 0 Å². The normalized spacial score (nSPS) is 28.6. The number of aliphatic hydroxyl groups excluding tert-OH is 1. The average molecular weight is 222 g/mol. The monoisotopic (exact) mass is 222 g/mol. The van der Waals surface area contributed by atoms with Crippen LogP contribution in [0.1, 0.15) is 44.9 Å². The molecule has 1 atom stereocenters. The van der Waals surface area contributed by atoms with E-state index in [-0.39, 0.29) is 0 Å². The maximum absolute atomic E-state index is 9.07. The number of nitriles is 1. The van der Waals surface area contributed by atoms with Crippen molar-refractivity contribution < 1.29 is 5.11 Å². The SMILES string of the molecule is N#CCC1(CN2CCCCC2CCO)CC1. The lowest BCUT2D eigenvalue weighted by atomic mass is 9.95. The lowest BCUT2D eigenvalue weighted by molar-refractivity contribution is 0.0969. The first-order chi connectivity index (χ1) is 7.79. The van der Waals surface area contributed by atoms with Gasteiger partial charge in [-0.1, -0.05) is 6.42 Å². The molecule has 2 aliphatic rings. The Balaban J connectivity index is 1.88. The van der Waals surface area contributed by atoms with E-state index in [1.807, 2.05) is 0 Å². The molecule has 1 saturated carbocycles. The molecular formula is C13H22N2O. The van der Waals surface area contributed by atoms with Gasteiger partial charge in [0.1, 0.15) is 0 Å².